The summed E-state index contributed by atoms with van der Waals surface area (Å²) in [4.78, 5) is 30.9. The Balaban J connectivity index is 1.44. The molecule has 0 radical (unpaired) electrons. The molecule has 2 aliphatic rings. The predicted octanol–water partition coefficient (Wildman–Crippen LogP) is 0.122. The zero-order valence-corrected chi connectivity index (χ0v) is 13.5. The Bertz CT molecular complexity index is 622. The Labute approximate surface area is 139 Å². The zero-order valence-electron chi connectivity index (χ0n) is 13.5. The highest BCUT2D eigenvalue weighted by Crippen LogP contribution is 2.21. The van der Waals surface area contributed by atoms with Gasteiger partial charge >= 0.3 is 12.1 Å². The van der Waals surface area contributed by atoms with Crippen molar-refractivity contribution in [2.45, 2.75) is 18.5 Å². The van der Waals surface area contributed by atoms with Gasteiger partial charge in [-0.2, -0.15) is 0 Å². The van der Waals surface area contributed by atoms with Crippen molar-refractivity contribution in [2.75, 3.05) is 38.1 Å². The van der Waals surface area contributed by atoms with Gasteiger partial charge in [-0.1, -0.05) is 0 Å². The molecule has 0 spiro atoms. The van der Waals surface area contributed by atoms with Crippen LogP contribution in [0.3, 0.4) is 0 Å². The number of amides is 4. The zero-order chi connectivity index (χ0) is 17.1. The minimum Gasteiger partial charge on any atom is -0.352 e. The summed E-state index contributed by atoms with van der Waals surface area (Å²) < 4.78 is 13.8. The third-order valence-corrected chi connectivity index (χ3v) is 4.29. The molecule has 1 atom stereocenters. The van der Waals surface area contributed by atoms with E-state index in [1.165, 1.54) is 6.07 Å². The quantitative estimate of drug-likeness (QED) is 0.732. The molecular formula is C15H21FN6O2. The second-order valence-corrected chi connectivity index (χ2v) is 6.02. The Morgan fingerprint density at radius 1 is 1.25 bits per heavy atom. The van der Waals surface area contributed by atoms with E-state index in [1.807, 2.05) is 4.90 Å². The van der Waals surface area contributed by atoms with Gasteiger partial charge in [0.1, 0.15) is 0 Å². The van der Waals surface area contributed by atoms with Crippen molar-refractivity contribution in [3.63, 3.8) is 0 Å². The first-order valence-corrected chi connectivity index (χ1v) is 7.96. The molecule has 1 aromatic heterocycles. The highest BCUT2D eigenvalue weighted by atomic mass is 19.1. The van der Waals surface area contributed by atoms with E-state index in [-0.39, 0.29) is 30.0 Å². The topological polar surface area (TPSA) is 89.6 Å². The summed E-state index contributed by atoms with van der Waals surface area (Å²) in [5.41, 5.74) is 0. The van der Waals surface area contributed by atoms with Crippen LogP contribution >= 0.6 is 0 Å². The van der Waals surface area contributed by atoms with Gasteiger partial charge in [0, 0.05) is 45.5 Å². The minimum absolute atomic E-state index is 0.0154. The summed E-state index contributed by atoms with van der Waals surface area (Å²) in [6.07, 6.45) is 2.31. The van der Waals surface area contributed by atoms with E-state index in [9.17, 15) is 14.0 Å². The molecule has 3 N–H and O–H groups in total. The van der Waals surface area contributed by atoms with Crippen molar-refractivity contribution in [1.82, 2.24) is 25.8 Å². The molecular weight excluding hydrogens is 315 g/mol. The molecule has 2 aliphatic heterocycles. The number of rotatable bonds is 3. The number of urea groups is 2. The van der Waals surface area contributed by atoms with Gasteiger partial charge in [0.25, 0.3) is 0 Å². The standard InChI is InChI=1S/C15H21FN6O2/c1-17-14(23)19-11-8-22(9-11)15(24)20-10-4-6-21(7-10)13-12(16)3-2-5-18-13/h2-3,5,10-11H,4,6-9H2,1H3,(H,20,24)(H2,17,19,23). The molecule has 8 nitrogen and oxygen atoms in total. The van der Waals surface area contributed by atoms with Crippen molar-refractivity contribution >= 4 is 17.9 Å². The first-order valence-electron chi connectivity index (χ1n) is 7.96. The molecule has 9 heteroatoms. The number of hydrogen-bond acceptors (Lipinski definition) is 4. The highest BCUT2D eigenvalue weighted by Gasteiger charge is 2.34. The molecule has 24 heavy (non-hydrogen) atoms. The molecule has 3 rings (SSSR count). The van der Waals surface area contributed by atoms with Gasteiger partial charge in [-0.05, 0) is 18.6 Å². The van der Waals surface area contributed by atoms with Crippen LogP contribution in [0, 0.1) is 5.82 Å². The molecule has 2 fully saturated rings. The fraction of sp³-hybridized carbons (Fsp3) is 0.533. The van der Waals surface area contributed by atoms with Crippen molar-refractivity contribution < 1.29 is 14.0 Å². The largest absolute Gasteiger partial charge is 0.352 e. The van der Waals surface area contributed by atoms with Crippen LogP contribution in [0.4, 0.5) is 19.8 Å². The van der Waals surface area contributed by atoms with Crippen LogP contribution in [-0.4, -0.2) is 67.3 Å². The summed E-state index contributed by atoms with van der Waals surface area (Å²) in [5, 5.41) is 8.18. The lowest BCUT2D eigenvalue weighted by molar-refractivity contribution is 0.137. The molecule has 0 aliphatic carbocycles. The number of halogens is 1. The van der Waals surface area contributed by atoms with Gasteiger partial charge in [0.05, 0.1) is 6.04 Å². The summed E-state index contributed by atoms with van der Waals surface area (Å²) in [6, 6.07) is 2.49. The maximum atomic E-state index is 13.8. The van der Waals surface area contributed by atoms with Crippen LogP contribution in [-0.2, 0) is 0 Å². The number of hydrogen-bond donors (Lipinski definition) is 3. The number of aromatic nitrogens is 1. The molecule has 1 unspecified atom stereocenters. The van der Waals surface area contributed by atoms with E-state index >= 15 is 0 Å². The molecule has 4 amide bonds. The second kappa shape index (κ2) is 6.90. The first kappa shape index (κ1) is 16.3. The summed E-state index contributed by atoms with van der Waals surface area (Å²) >= 11 is 0. The van der Waals surface area contributed by atoms with E-state index < -0.39 is 0 Å². The molecule has 1 aromatic rings. The lowest BCUT2D eigenvalue weighted by Gasteiger charge is -2.39. The first-order chi connectivity index (χ1) is 11.6. The number of carbonyl (C=O) groups is 2. The van der Waals surface area contributed by atoms with Crippen molar-refractivity contribution in [3.05, 3.63) is 24.1 Å². The van der Waals surface area contributed by atoms with E-state index in [0.717, 1.165) is 6.42 Å². The van der Waals surface area contributed by atoms with E-state index in [2.05, 4.69) is 20.9 Å². The Kier molecular flexibility index (Phi) is 4.68. The SMILES string of the molecule is CNC(=O)NC1CN(C(=O)NC2CCN(c3ncccc3F)C2)C1. The van der Waals surface area contributed by atoms with Gasteiger partial charge in [0.2, 0.25) is 0 Å². The number of nitrogens with one attached hydrogen (secondary N) is 3. The molecule has 130 valence electrons. The summed E-state index contributed by atoms with van der Waals surface area (Å²) in [7, 11) is 1.55. The van der Waals surface area contributed by atoms with Crippen LogP contribution in [0.2, 0.25) is 0 Å². The summed E-state index contributed by atoms with van der Waals surface area (Å²) in [5.74, 6) is -0.0247. The maximum absolute atomic E-state index is 13.8. The molecule has 2 saturated heterocycles. The number of likely N-dealkylation sites (tertiary alicyclic amines) is 1. The third kappa shape index (κ3) is 3.50. The fourth-order valence-electron chi connectivity index (χ4n) is 2.94. The number of pyridine rings is 1. The monoisotopic (exact) mass is 336 g/mol. The Morgan fingerprint density at radius 2 is 2.04 bits per heavy atom. The molecule has 3 heterocycles. The van der Waals surface area contributed by atoms with Gasteiger partial charge in [-0.3, -0.25) is 0 Å². The lowest BCUT2D eigenvalue weighted by Crippen LogP contribution is -2.64. The normalized spacial score (nSPS) is 20.5. The third-order valence-electron chi connectivity index (χ3n) is 4.29. The van der Waals surface area contributed by atoms with Gasteiger partial charge in [0.15, 0.2) is 11.6 Å². The van der Waals surface area contributed by atoms with Crippen molar-refractivity contribution in [1.29, 1.82) is 0 Å². The van der Waals surface area contributed by atoms with Crippen LogP contribution in [0.25, 0.3) is 0 Å². The minimum atomic E-state index is -0.352. The Morgan fingerprint density at radius 3 is 2.75 bits per heavy atom. The summed E-state index contributed by atoms with van der Waals surface area (Å²) in [6.45, 7) is 2.17. The van der Waals surface area contributed by atoms with Gasteiger partial charge in [-0.15, -0.1) is 0 Å². The highest BCUT2D eigenvalue weighted by molar-refractivity contribution is 5.77. The van der Waals surface area contributed by atoms with Crippen LogP contribution < -0.4 is 20.9 Å². The lowest BCUT2D eigenvalue weighted by atomic mass is 10.1. The van der Waals surface area contributed by atoms with Crippen molar-refractivity contribution in [2.24, 2.45) is 0 Å². The van der Waals surface area contributed by atoms with E-state index in [1.54, 1.807) is 24.2 Å². The smallest absolute Gasteiger partial charge is 0.317 e. The average Bonchev–Trinajstić information content (AvgIpc) is 2.98. The second-order valence-electron chi connectivity index (χ2n) is 6.02. The predicted molar refractivity (Wildman–Crippen MR) is 86.3 cm³/mol. The average molecular weight is 336 g/mol. The van der Waals surface area contributed by atoms with Crippen LogP contribution in [0.15, 0.2) is 18.3 Å². The number of anilines is 1. The fourth-order valence-corrected chi connectivity index (χ4v) is 2.94. The van der Waals surface area contributed by atoms with Crippen LogP contribution in [0.5, 0.6) is 0 Å². The Hall–Kier alpha value is -2.58. The molecule has 0 aromatic carbocycles. The molecule has 0 saturated carbocycles. The van der Waals surface area contributed by atoms with Gasteiger partial charge in [-0.25, -0.2) is 19.0 Å². The maximum Gasteiger partial charge on any atom is 0.317 e. The number of carbonyl (C=O) groups excluding carboxylic acids is 2. The number of nitrogens with zero attached hydrogens (tertiary/aromatic N) is 3. The van der Waals surface area contributed by atoms with E-state index in [0.29, 0.717) is 32.0 Å². The van der Waals surface area contributed by atoms with Crippen molar-refractivity contribution in [3.8, 4) is 0 Å². The van der Waals surface area contributed by atoms with E-state index in [4.69, 9.17) is 0 Å². The van der Waals surface area contributed by atoms with Gasteiger partial charge < -0.3 is 25.8 Å². The molecule has 0 bridgehead atoms. The van der Waals surface area contributed by atoms with Crippen LogP contribution in [0.1, 0.15) is 6.42 Å².